The minimum absolute atomic E-state index is 0.391. The molecular weight excluding hydrogens is 142 g/mol. The van der Waals surface area contributed by atoms with Crippen LogP contribution in [0.1, 0.15) is 27.2 Å². The van der Waals surface area contributed by atoms with E-state index < -0.39 is 17.9 Å². The average molecular weight is 159 g/mol. The fourth-order valence-corrected chi connectivity index (χ4v) is 1.06. The molecule has 3 N–H and O–H groups in total. The number of carbonyl (C=O) groups is 1. The molecule has 3 nitrogen and oxygen atoms in total. The number of carbonyl (C=O) groups excluding carboxylic acids is 1. The van der Waals surface area contributed by atoms with E-state index >= 15 is 0 Å². The van der Waals surface area contributed by atoms with E-state index in [9.17, 15) is 4.79 Å². The first-order valence-electron chi connectivity index (χ1n) is 3.92. The first kappa shape index (κ1) is 10.4. The lowest BCUT2D eigenvalue weighted by molar-refractivity contribution is -0.125. The lowest BCUT2D eigenvalue weighted by atomic mass is 9.92. The van der Waals surface area contributed by atoms with Crippen molar-refractivity contribution in [2.24, 2.45) is 17.6 Å². The van der Waals surface area contributed by atoms with Crippen LogP contribution in [0.5, 0.6) is 0 Å². The minimum atomic E-state index is -0.630. The predicted octanol–water partition coefficient (Wildman–Crippen LogP) is 0.515. The smallest absolute Gasteiger partial charge is 0.223 e. The van der Waals surface area contributed by atoms with Crippen LogP contribution in [0, 0.1) is 11.8 Å². The van der Waals surface area contributed by atoms with E-state index in [-0.39, 0.29) is 0 Å². The Bertz CT molecular complexity index is 132. The molecule has 0 aliphatic carbocycles. The Morgan fingerprint density at radius 1 is 1.45 bits per heavy atom. The summed E-state index contributed by atoms with van der Waals surface area (Å²) in [7, 11) is 0. The minimum Gasteiger partial charge on any atom is -0.393 e. The van der Waals surface area contributed by atoms with Gasteiger partial charge in [-0.25, -0.2) is 0 Å². The molecule has 0 aliphatic rings. The van der Waals surface area contributed by atoms with Crippen LogP contribution in [-0.4, -0.2) is 17.1 Å². The second-order valence-corrected chi connectivity index (χ2v) is 3.38. The van der Waals surface area contributed by atoms with Gasteiger partial charge in [-0.1, -0.05) is 13.8 Å². The molecule has 11 heavy (non-hydrogen) atoms. The molecule has 0 fully saturated rings. The molecule has 0 aromatic rings. The van der Waals surface area contributed by atoms with Crippen LogP contribution in [-0.2, 0) is 4.79 Å². The zero-order valence-corrected chi connectivity index (χ0v) is 7.37. The van der Waals surface area contributed by atoms with E-state index in [1.54, 1.807) is 6.92 Å². The van der Waals surface area contributed by atoms with Crippen molar-refractivity contribution in [3.05, 3.63) is 0 Å². The molecule has 0 unspecified atom stereocenters. The average Bonchev–Trinajstić information content (AvgIpc) is 1.81. The lowest BCUT2D eigenvalue weighted by Crippen LogP contribution is -2.32. The lowest BCUT2D eigenvalue weighted by Gasteiger charge is -2.17. The maximum atomic E-state index is 10.7. The molecule has 0 radical (unpaired) electrons. The quantitative estimate of drug-likeness (QED) is 0.628. The van der Waals surface area contributed by atoms with Crippen LogP contribution in [0.3, 0.4) is 0 Å². The first-order chi connectivity index (χ1) is 4.95. The Hall–Kier alpha value is -0.570. The van der Waals surface area contributed by atoms with Crippen LogP contribution < -0.4 is 5.73 Å². The largest absolute Gasteiger partial charge is 0.393 e. The Balaban J connectivity index is 4.01. The third kappa shape index (κ3) is 3.98. The van der Waals surface area contributed by atoms with Gasteiger partial charge in [-0.05, 0) is 19.3 Å². The van der Waals surface area contributed by atoms with Gasteiger partial charge in [-0.2, -0.15) is 0 Å². The summed E-state index contributed by atoms with van der Waals surface area (Å²) in [4.78, 5) is 10.7. The monoisotopic (exact) mass is 159 g/mol. The Labute approximate surface area is 67.6 Å². The van der Waals surface area contributed by atoms with Crippen LogP contribution >= 0.6 is 0 Å². The highest BCUT2D eigenvalue weighted by atomic mass is 16.3. The van der Waals surface area contributed by atoms with Crippen LogP contribution in [0.2, 0.25) is 0 Å². The number of aliphatic hydroxyl groups excluding tert-OH is 1. The van der Waals surface area contributed by atoms with E-state index in [0.717, 1.165) is 0 Å². The summed E-state index contributed by atoms with van der Waals surface area (Å²) in [5.41, 5.74) is 5.09. The van der Waals surface area contributed by atoms with E-state index in [1.807, 2.05) is 13.8 Å². The summed E-state index contributed by atoms with van der Waals surface area (Å²) in [6.07, 6.45) is 0.0300. The highest BCUT2D eigenvalue weighted by Gasteiger charge is 2.21. The summed E-state index contributed by atoms with van der Waals surface area (Å²) < 4.78 is 0. The number of rotatable bonds is 4. The van der Waals surface area contributed by atoms with Gasteiger partial charge in [-0.15, -0.1) is 0 Å². The van der Waals surface area contributed by atoms with Crippen LogP contribution in [0.15, 0.2) is 0 Å². The zero-order valence-electron chi connectivity index (χ0n) is 7.37. The van der Waals surface area contributed by atoms with Crippen molar-refractivity contribution in [3.8, 4) is 0 Å². The zero-order chi connectivity index (χ0) is 9.02. The molecule has 66 valence electrons. The highest BCUT2D eigenvalue weighted by molar-refractivity contribution is 5.77. The molecule has 0 aromatic heterocycles. The molecule has 0 spiro atoms. The molecule has 2 atom stereocenters. The molecule has 0 aromatic carbocycles. The number of aliphatic hydroxyl groups is 1. The van der Waals surface area contributed by atoms with E-state index in [0.29, 0.717) is 12.3 Å². The predicted molar refractivity (Wildman–Crippen MR) is 43.8 cm³/mol. The van der Waals surface area contributed by atoms with Gasteiger partial charge in [-0.3, -0.25) is 4.79 Å². The summed E-state index contributed by atoms with van der Waals surface area (Å²) in [6, 6.07) is 0. The molecule has 0 saturated heterocycles. The molecule has 0 rings (SSSR count). The Morgan fingerprint density at radius 2 is 1.91 bits per heavy atom. The second-order valence-electron chi connectivity index (χ2n) is 3.38. The van der Waals surface area contributed by atoms with Gasteiger partial charge in [0, 0.05) is 0 Å². The van der Waals surface area contributed by atoms with Gasteiger partial charge in [0.1, 0.15) is 0 Å². The van der Waals surface area contributed by atoms with Crippen molar-refractivity contribution >= 4 is 5.91 Å². The van der Waals surface area contributed by atoms with Crippen molar-refractivity contribution in [3.63, 3.8) is 0 Å². The third-order valence-electron chi connectivity index (χ3n) is 1.67. The van der Waals surface area contributed by atoms with E-state index in [4.69, 9.17) is 10.8 Å². The SMILES string of the molecule is CC(C)C[C@H](C(N)=O)[C@@H](C)O. The second kappa shape index (κ2) is 4.34. The fourth-order valence-electron chi connectivity index (χ4n) is 1.06. The van der Waals surface area contributed by atoms with Crippen LogP contribution in [0.4, 0.5) is 0 Å². The van der Waals surface area contributed by atoms with Crippen molar-refractivity contribution in [1.29, 1.82) is 0 Å². The summed E-state index contributed by atoms with van der Waals surface area (Å²) >= 11 is 0. The Morgan fingerprint density at radius 3 is 2.00 bits per heavy atom. The van der Waals surface area contributed by atoms with E-state index in [1.165, 1.54) is 0 Å². The first-order valence-corrected chi connectivity index (χ1v) is 3.92. The third-order valence-corrected chi connectivity index (χ3v) is 1.67. The molecular formula is C8H17NO2. The number of primary amides is 1. The maximum Gasteiger partial charge on any atom is 0.223 e. The summed E-state index contributed by atoms with van der Waals surface area (Å²) in [5, 5.41) is 9.13. The number of hydrogen-bond acceptors (Lipinski definition) is 2. The topological polar surface area (TPSA) is 63.3 Å². The van der Waals surface area contributed by atoms with Gasteiger partial charge in [0.25, 0.3) is 0 Å². The van der Waals surface area contributed by atoms with Gasteiger partial charge in [0.2, 0.25) is 5.91 Å². The van der Waals surface area contributed by atoms with Gasteiger partial charge in [0.05, 0.1) is 12.0 Å². The molecule has 0 bridgehead atoms. The van der Waals surface area contributed by atoms with Gasteiger partial charge in [0.15, 0.2) is 0 Å². The molecule has 0 heterocycles. The molecule has 0 saturated carbocycles. The molecule has 3 heteroatoms. The highest BCUT2D eigenvalue weighted by Crippen LogP contribution is 2.14. The summed E-state index contributed by atoms with van der Waals surface area (Å²) in [5.74, 6) is -0.411. The van der Waals surface area contributed by atoms with Crippen molar-refractivity contribution in [2.45, 2.75) is 33.3 Å². The van der Waals surface area contributed by atoms with Crippen molar-refractivity contribution < 1.29 is 9.90 Å². The number of nitrogens with two attached hydrogens (primary N) is 1. The Kier molecular flexibility index (Phi) is 4.11. The van der Waals surface area contributed by atoms with Crippen LogP contribution in [0.25, 0.3) is 0 Å². The maximum absolute atomic E-state index is 10.7. The van der Waals surface area contributed by atoms with E-state index in [2.05, 4.69) is 0 Å². The molecule has 1 amide bonds. The van der Waals surface area contributed by atoms with Crippen molar-refractivity contribution in [1.82, 2.24) is 0 Å². The number of hydrogen-bond donors (Lipinski definition) is 2. The van der Waals surface area contributed by atoms with Gasteiger partial charge >= 0.3 is 0 Å². The molecule has 0 aliphatic heterocycles. The summed E-state index contributed by atoms with van der Waals surface area (Å²) in [6.45, 7) is 5.59. The van der Waals surface area contributed by atoms with Gasteiger partial charge < -0.3 is 10.8 Å². The normalized spacial score (nSPS) is 16.5. The number of amides is 1. The van der Waals surface area contributed by atoms with Crippen molar-refractivity contribution in [2.75, 3.05) is 0 Å². The fraction of sp³-hybridized carbons (Fsp3) is 0.875. The standard InChI is InChI=1S/C8H17NO2/c1-5(2)4-7(6(3)10)8(9)11/h5-7,10H,4H2,1-3H3,(H2,9,11)/t6-,7+/m1/s1.